The van der Waals surface area contributed by atoms with E-state index in [0.29, 0.717) is 0 Å². The number of piperidine rings is 1. The van der Waals surface area contributed by atoms with Crippen LogP contribution >= 0.6 is 0 Å². The summed E-state index contributed by atoms with van der Waals surface area (Å²) in [4.78, 5) is 19.5. The van der Waals surface area contributed by atoms with Crippen LogP contribution in [0.1, 0.15) is 29.8 Å². The molecule has 0 aliphatic carbocycles. The Balaban J connectivity index is 1.70. The number of nitrogens with two attached hydrogens (primary N) is 1. The maximum atomic E-state index is 12.9. The van der Waals surface area contributed by atoms with Gasteiger partial charge in [-0.1, -0.05) is 41.6 Å². The Morgan fingerprint density at radius 1 is 0.893 bits per heavy atom. The monoisotopic (exact) mass is 372 g/mol. The maximum absolute atomic E-state index is 12.9. The molecule has 5 rings (SSSR count). The van der Waals surface area contributed by atoms with Gasteiger partial charge in [-0.3, -0.25) is 4.79 Å². The first-order valence-electron chi connectivity index (χ1n) is 9.52. The van der Waals surface area contributed by atoms with Crippen LogP contribution in [-0.2, 0) is 0 Å². The molecule has 2 aromatic carbocycles. The second-order valence-electron chi connectivity index (χ2n) is 7.08. The molecule has 140 valence electrons. The molecule has 2 N–H and O–H groups in total. The molecule has 7 nitrogen and oxygen atoms in total. The predicted octanol–water partition coefficient (Wildman–Crippen LogP) is 3.18. The highest BCUT2D eigenvalue weighted by Crippen LogP contribution is 2.31. The average molecular weight is 372 g/mol. The Labute approximate surface area is 161 Å². The third kappa shape index (κ3) is 2.58. The summed E-state index contributed by atoms with van der Waals surface area (Å²) in [6, 6.07) is 15.7. The molecule has 0 unspecified atom stereocenters. The first-order valence-corrected chi connectivity index (χ1v) is 9.52. The Morgan fingerprint density at radius 3 is 2.14 bits per heavy atom. The quantitative estimate of drug-likeness (QED) is 0.546. The molecule has 1 aliphatic heterocycles. The molecule has 1 amide bonds. The van der Waals surface area contributed by atoms with Crippen molar-refractivity contribution in [2.45, 2.75) is 19.3 Å². The first-order chi connectivity index (χ1) is 13.7. The first kappa shape index (κ1) is 16.7. The predicted molar refractivity (Wildman–Crippen MR) is 108 cm³/mol. The van der Waals surface area contributed by atoms with E-state index in [1.54, 1.807) is 4.68 Å². The fourth-order valence-electron chi connectivity index (χ4n) is 3.90. The van der Waals surface area contributed by atoms with Crippen molar-refractivity contribution in [3.63, 3.8) is 0 Å². The molecule has 7 heteroatoms. The lowest BCUT2D eigenvalue weighted by Gasteiger charge is -2.25. The van der Waals surface area contributed by atoms with E-state index in [0.717, 1.165) is 59.8 Å². The van der Waals surface area contributed by atoms with E-state index in [-0.39, 0.29) is 17.4 Å². The molecule has 0 spiro atoms. The minimum Gasteiger partial charge on any atom is -0.382 e. The van der Waals surface area contributed by atoms with Crippen molar-refractivity contribution in [2.75, 3.05) is 18.8 Å². The number of hydrogen-bond donors (Lipinski definition) is 1. The molecule has 3 heterocycles. The number of likely N-dealkylation sites (tertiary alicyclic amines) is 1. The molecule has 4 aromatic rings. The van der Waals surface area contributed by atoms with Gasteiger partial charge in [0.2, 0.25) is 0 Å². The fourth-order valence-corrected chi connectivity index (χ4v) is 3.90. The Kier molecular flexibility index (Phi) is 3.93. The van der Waals surface area contributed by atoms with Gasteiger partial charge in [0, 0.05) is 23.9 Å². The molecule has 0 radical (unpaired) electrons. The number of nitrogen functional groups attached to an aromatic ring is 1. The van der Waals surface area contributed by atoms with Crippen LogP contribution in [0.25, 0.3) is 27.5 Å². The van der Waals surface area contributed by atoms with E-state index in [2.05, 4.69) is 10.3 Å². The van der Waals surface area contributed by atoms with Crippen LogP contribution in [0, 0.1) is 0 Å². The van der Waals surface area contributed by atoms with Crippen LogP contribution in [0.4, 0.5) is 5.82 Å². The van der Waals surface area contributed by atoms with Crippen molar-refractivity contribution in [3.8, 4) is 5.69 Å². The highest BCUT2D eigenvalue weighted by molar-refractivity contribution is 6.04. The zero-order chi connectivity index (χ0) is 19.1. The smallest absolute Gasteiger partial charge is 0.278 e. The standard InChI is InChI=1S/C21H20N6O/c22-20-18(21(28)26-12-6-1-7-13-26)24-25-27(20)19-14-8-2-4-10-16(14)23-17-11-5-3-9-15(17)19/h2-5,8-11H,1,6-7,12-13,22H2. The zero-order valence-corrected chi connectivity index (χ0v) is 15.4. The maximum Gasteiger partial charge on any atom is 0.278 e. The Bertz CT molecular complexity index is 1140. The molecule has 0 saturated carbocycles. The van der Waals surface area contributed by atoms with E-state index in [1.807, 2.05) is 53.4 Å². The largest absolute Gasteiger partial charge is 0.382 e. The lowest BCUT2D eigenvalue weighted by Crippen LogP contribution is -2.36. The van der Waals surface area contributed by atoms with E-state index in [4.69, 9.17) is 10.7 Å². The number of aromatic nitrogens is 4. The van der Waals surface area contributed by atoms with E-state index >= 15 is 0 Å². The average Bonchev–Trinajstić information content (AvgIpc) is 3.13. The van der Waals surface area contributed by atoms with Gasteiger partial charge in [0.25, 0.3) is 5.91 Å². The van der Waals surface area contributed by atoms with Crippen LogP contribution in [0.3, 0.4) is 0 Å². The second kappa shape index (κ2) is 6.60. The Morgan fingerprint density at radius 2 is 1.50 bits per heavy atom. The van der Waals surface area contributed by atoms with Crippen molar-refractivity contribution in [2.24, 2.45) is 0 Å². The molecule has 28 heavy (non-hydrogen) atoms. The molecule has 0 bridgehead atoms. The fraction of sp³-hybridized carbons (Fsp3) is 0.238. The molecule has 1 aliphatic rings. The third-order valence-corrected chi connectivity index (χ3v) is 5.32. The SMILES string of the molecule is Nc1c(C(=O)N2CCCCC2)nnn1-c1c2ccccc2nc2ccccc12. The summed E-state index contributed by atoms with van der Waals surface area (Å²) in [5.74, 6) is 0.114. The number of anilines is 1. The topological polar surface area (TPSA) is 89.9 Å². The van der Waals surface area contributed by atoms with Crippen molar-refractivity contribution in [3.05, 3.63) is 54.2 Å². The second-order valence-corrected chi connectivity index (χ2v) is 7.08. The number of fused-ring (bicyclic) bond motifs is 2. The van der Waals surface area contributed by atoms with E-state index < -0.39 is 0 Å². The zero-order valence-electron chi connectivity index (χ0n) is 15.4. The molecular weight excluding hydrogens is 352 g/mol. The lowest BCUT2D eigenvalue weighted by molar-refractivity contribution is 0.0719. The van der Waals surface area contributed by atoms with Crippen molar-refractivity contribution < 1.29 is 4.79 Å². The number of pyridine rings is 1. The van der Waals surface area contributed by atoms with Gasteiger partial charge >= 0.3 is 0 Å². The number of carbonyl (C=O) groups is 1. The number of rotatable bonds is 2. The van der Waals surface area contributed by atoms with Crippen molar-refractivity contribution in [1.82, 2.24) is 24.9 Å². The summed E-state index contributed by atoms with van der Waals surface area (Å²) >= 11 is 0. The van der Waals surface area contributed by atoms with Crippen molar-refractivity contribution in [1.29, 1.82) is 0 Å². The molecule has 0 atom stereocenters. The minimum atomic E-state index is -0.147. The van der Waals surface area contributed by atoms with Gasteiger partial charge in [-0.05, 0) is 31.4 Å². The van der Waals surface area contributed by atoms with Crippen LogP contribution in [0.15, 0.2) is 48.5 Å². The van der Waals surface area contributed by atoms with E-state index in [1.165, 1.54) is 0 Å². The van der Waals surface area contributed by atoms with Crippen LogP contribution in [-0.4, -0.2) is 43.9 Å². The van der Waals surface area contributed by atoms with Gasteiger partial charge in [0.1, 0.15) is 0 Å². The molecule has 1 fully saturated rings. The van der Waals surface area contributed by atoms with Gasteiger partial charge in [-0.15, -0.1) is 5.10 Å². The highest BCUT2D eigenvalue weighted by Gasteiger charge is 2.26. The number of nitrogens with zero attached hydrogens (tertiary/aromatic N) is 5. The van der Waals surface area contributed by atoms with Gasteiger partial charge in [-0.2, -0.15) is 4.68 Å². The van der Waals surface area contributed by atoms with Gasteiger partial charge in [0.05, 0.1) is 16.7 Å². The van der Waals surface area contributed by atoms with Gasteiger partial charge < -0.3 is 10.6 Å². The number of para-hydroxylation sites is 2. The molecule has 2 aromatic heterocycles. The number of amides is 1. The highest BCUT2D eigenvalue weighted by atomic mass is 16.2. The number of hydrogen-bond acceptors (Lipinski definition) is 5. The summed E-state index contributed by atoms with van der Waals surface area (Å²) in [5.41, 5.74) is 9.09. The Hall–Kier alpha value is -3.48. The molecule has 1 saturated heterocycles. The van der Waals surface area contributed by atoms with Crippen LogP contribution in [0.2, 0.25) is 0 Å². The van der Waals surface area contributed by atoms with E-state index in [9.17, 15) is 4.79 Å². The molecular formula is C21H20N6O. The summed E-state index contributed by atoms with van der Waals surface area (Å²) in [5, 5.41) is 10.2. The summed E-state index contributed by atoms with van der Waals surface area (Å²) in [6.45, 7) is 1.48. The number of carbonyl (C=O) groups excluding carboxylic acids is 1. The number of benzene rings is 2. The summed E-state index contributed by atoms with van der Waals surface area (Å²) in [7, 11) is 0. The lowest BCUT2D eigenvalue weighted by atomic mass is 10.1. The summed E-state index contributed by atoms with van der Waals surface area (Å²) in [6.07, 6.45) is 3.18. The summed E-state index contributed by atoms with van der Waals surface area (Å²) < 4.78 is 1.57. The minimum absolute atomic E-state index is 0.147. The van der Waals surface area contributed by atoms with Crippen LogP contribution < -0.4 is 5.73 Å². The third-order valence-electron chi connectivity index (χ3n) is 5.32. The van der Waals surface area contributed by atoms with Crippen molar-refractivity contribution >= 4 is 33.5 Å². The van der Waals surface area contributed by atoms with Crippen LogP contribution in [0.5, 0.6) is 0 Å². The van der Waals surface area contributed by atoms with Gasteiger partial charge in [0.15, 0.2) is 11.5 Å². The van der Waals surface area contributed by atoms with Gasteiger partial charge in [-0.25, -0.2) is 4.98 Å². The normalized spacial score (nSPS) is 14.6.